The highest BCUT2D eigenvalue weighted by Crippen LogP contribution is 2.29. The fraction of sp³-hybridized carbons (Fsp3) is 0.389. The number of imidazole rings is 1. The van der Waals surface area contributed by atoms with Crippen molar-refractivity contribution in [1.82, 2.24) is 19.5 Å². The van der Waals surface area contributed by atoms with Gasteiger partial charge >= 0.3 is 6.18 Å². The van der Waals surface area contributed by atoms with E-state index >= 15 is 0 Å². The standard InChI is InChI=1S/C18H18F4N4O/c1-9(2)6-12-16-15(11(19)7-23-12)24-14(25-16)8-26-13(18(20,21)22)5-4-10(3)17(26)27/h4-5,7,9H,6,8H2,1-3H3,(H,24,25). The van der Waals surface area contributed by atoms with E-state index in [0.717, 1.165) is 18.3 Å². The molecule has 0 radical (unpaired) electrons. The Morgan fingerprint density at radius 2 is 1.96 bits per heavy atom. The molecule has 5 nitrogen and oxygen atoms in total. The van der Waals surface area contributed by atoms with E-state index in [1.807, 2.05) is 13.8 Å². The lowest BCUT2D eigenvalue weighted by Crippen LogP contribution is -2.30. The van der Waals surface area contributed by atoms with Crippen LogP contribution in [-0.2, 0) is 19.1 Å². The van der Waals surface area contributed by atoms with Gasteiger partial charge in [0.15, 0.2) is 5.82 Å². The van der Waals surface area contributed by atoms with Gasteiger partial charge < -0.3 is 4.98 Å². The first-order valence-electron chi connectivity index (χ1n) is 8.37. The molecule has 0 aromatic carbocycles. The zero-order valence-corrected chi connectivity index (χ0v) is 15.0. The Labute approximate surface area is 152 Å². The van der Waals surface area contributed by atoms with Crippen molar-refractivity contribution in [3.63, 3.8) is 0 Å². The Morgan fingerprint density at radius 1 is 1.26 bits per heavy atom. The minimum atomic E-state index is -4.70. The Hall–Kier alpha value is -2.71. The van der Waals surface area contributed by atoms with Crippen LogP contribution in [0.15, 0.2) is 23.1 Å². The van der Waals surface area contributed by atoms with Crippen molar-refractivity contribution >= 4 is 11.0 Å². The van der Waals surface area contributed by atoms with E-state index < -0.39 is 29.8 Å². The van der Waals surface area contributed by atoms with Crippen LogP contribution < -0.4 is 5.56 Å². The van der Waals surface area contributed by atoms with E-state index in [-0.39, 0.29) is 22.8 Å². The molecule has 0 atom stereocenters. The lowest BCUT2D eigenvalue weighted by atomic mass is 10.1. The third kappa shape index (κ3) is 3.72. The first-order chi connectivity index (χ1) is 12.6. The zero-order valence-electron chi connectivity index (χ0n) is 15.0. The van der Waals surface area contributed by atoms with Gasteiger partial charge in [-0.2, -0.15) is 13.2 Å². The molecule has 3 aromatic heterocycles. The Kier molecular flexibility index (Phi) is 4.79. The number of pyridine rings is 2. The summed E-state index contributed by atoms with van der Waals surface area (Å²) in [5.41, 5.74) is -0.760. The summed E-state index contributed by atoms with van der Waals surface area (Å²) in [4.78, 5) is 23.2. The maximum atomic E-state index is 14.1. The molecule has 3 aromatic rings. The zero-order chi connectivity index (χ0) is 19.9. The van der Waals surface area contributed by atoms with E-state index in [0.29, 0.717) is 22.2 Å². The average molecular weight is 382 g/mol. The first kappa shape index (κ1) is 19.1. The number of halogens is 4. The van der Waals surface area contributed by atoms with Crippen LogP contribution >= 0.6 is 0 Å². The van der Waals surface area contributed by atoms with Crippen molar-refractivity contribution in [2.24, 2.45) is 5.92 Å². The minimum Gasteiger partial charge on any atom is -0.339 e. The van der Waals surface area contributed by atoms with Gasteiger partial charge in [-0.25, -0.2) is 9.37 Å². The summed E-state index contributed by atoms with van der Waals surface area (Å²) in [6.45, 7) is 4.92. The monoisotopic (exact) mass is 382 g/mol. The van der Waals surface area contributed by atoms with Crippen molar-refractivity contribution in [3.8, 4) is 0 Å². The van der Waals surface area contributed by atoms with Gasteiger partial charge in [-0.1, -0.05) is 19.9 Å². The van der Waals surface area contributed by atoms with Crippen LogP contribution in [-0.4, -0.2) is 19.5 Å². The summed E-state index contributed by atoms with van der Waals surface area (Å²) in [7, 11) is 0. The average Bonchev–Trinajstić information content (AvgIpc) is 2.98. The number of rotatable bonds is 4. The van der Waals surface area contributed by atoms with E-state index in [2.05, 4.69) is 15.0 Å². The van der Waals surface area contributed by atoms with Crippen LogP contribution in [0.25, 0.3) is 11.0 Å². The fourth-order valence-corrected chi connectivity index (χ4v) is 2.92. The highest BCUT2D eigenvalue weighted by molar-refractivity contribution is 5.77. The Balaban J connectivity index is 2.12. The second-order valence-corrected chi connectivity index (χ2v) is 6.85. The number of fused-ring (bicyclic) bond motifs is 1. The quantitative estimate of drug-likeness (QED) is 0.698. The molecule has 0 aliphatic carbocycles. The van der Waals surface area contributed by atoms with Gasteiger partial charge in [-0.05, 0) is 25.3 Å². The molecule has 0 amide bonds. The van der Waals surface area contributed by atoms with Gasteiger partial charge in [0.05, 0.1) is 24.0 Å². The maximum absolute atomic E-state index is 14.1. The smallest absolute Gasteiger partial charge is 0.339 e. The molecule has 0 aliphatic heterocycles. The third-order valence-corrected chi connectivity index (χ3v) is 4.17. The number of aryl methyl sites for hydroxylation is 1. The van der Waals surface area contributed by atoms with Gasteiger partial charge in [-0.15, -0.1) is 0 Å². The van der Waals surface area contributed by atoms with Crippen LogP contribution in [0.1, 0.15) is 36.6 Å². The number of hydrogen-bond donors (Lipinski definition) is 1. The number of aromatic nitrogens is 4. The highest BCUT2D eigenvalue weighted by Gasteiger charge is 2.34. The van der Waals surface area contributed by atoms with Crippen LogP contribution in [0.5, 0.6) is 0 Å². The number of H-pyrrole nitrogens is 1. The summed E-state index contributed by atoms with van der Waals surface area (Å²) in [6.07, 6.45) is -3.10. The molecule has 0 saturated carbocycles. The van der Waals surface area contributed by atoms with Gasteiger partial charge in [0.25, 0.3) is 5.56 Å². The van der Waals surface area contributed by atoms with Crippen molar-refractivity contribution in [2.75, 3.05) is 0 Å². The third-order valence-electron chi connectivity index (χ3n) is 4.17. The van der Waals surface area contributed by atoms with Crippen molar-refractivity contribution in [2.45, 2.75) is 39.9 Å². The largest absolute Gasteiger partial charge is 0.431 e. The SMILES string of the molecule is Cc1ccc(C(F)(F)F)n(Cc2nc3c(F)cnc(CC(C)C)c3[nH]2)c1=O. The first-order valence-corrected chi connectivity index (χ1v) is 8.37. The summed E-state index contributed by atoms with van der Waals surface area (Å²) >= 11 is 0. The molecular formula is C18H18F4N4O. The summed E-state index contributed by atoms with van der Waals surface area (Å²) in [5.74, 6) is -0.373. The molecule has 9 heteroatoms. The second kappa shape index (κ2) is 6.79. The van der Waals surface area contributed by atoms with Gasteiger partial charge in [0.2, 0.25) is 0 Å². The molecule has 0 bridgehead atoms. The number of nitrogens with one attached hydrogen (secondary N) is 1. The molecule has 144 valence electrons. The topological polar surface area (TPSA) is 63.6 Å². The van der Waals surface area contributed by atoms with Crippen molar-refractivity contribution in [3.05, 3.63) is 57.3 Å². The number of alkyl halides is 3. The van der Waals surface area contributed by atoms with Crippen LogP contribution in [0.3, 0.4) is 0 Å². The highest BCUT2D eigenvalue weighted by atomic mass is 19.4. The Bertz CT molecular complexity index is 1050. The summed E-state index contributed by atoms with van der Waals surface area (Å²) < 4.78 is 54.5. The molecule has 3 rings (SSSR count). The molecule has 0 saturated heterocycles. The van der Waals surface area contributed by atoms with Crippen molar-refractivity contribution < 1.29 is 17.6 Å². The van der Waals surface area contributed by atoms with E-state index in [9.17, 15) is 22.4 Å². The molecule has 0 aliphatic rings. The van der Waals surface area contributed by atoms with Crippen molar-refractivity contribution in [1.29, 1.82) is 0 Å². The van der Waals surface area contributed by atoms with Crippen LogP contribution in [0.4, 0.5) is 17.6 Å². The van der Waals surface area contributed by atoms with E-state index in [1.54, 1.807) is 0 Å². The number of hydrogen-bond acceptors (Lipinski definition) is 3. The van der Waals surface area contributed by atoms with Crippen LogP contribution in [0, 0.1) is 18.7 Å². The summed E-state index contributed by atoms with van der Waals surface area (Å²) in [6, 6.07) is 1.98. The normalized spacial score (nSPS) is 12.3. The molecule has 27 heavy (non-hydrogen) atoms. The van der Waals surface area contributed by atoms with E-state index in [4.69, 9.17) is 0 Å². The predicted octanol–water partition coefficient (Wildman–Crippen LogP) is 3.83. The molecule has 1 N–H and O–H groups in total. The number of aromatic amines is 1. The molecule has 0 spiro atoms. The van der Waals surface area contributed by atoms with Gasteiger partial charge in [-0.3, -0.25) is 14.3 Å². The number of nitrogens with zero attached hydrogens (tertiary/aromatic N) is 3. The molecule has 0 fully saturated rings. The lowest BCUT2D eigenvalue weighted by Gasteiger charge is -2.15. The van der Waals surface area contributed by atoms with E-state index in [1.165, 1.54) is 6.92 Å². The fourth-order valence-electron chi connectivity index (χ4n) is 2.92. The Morgan fingerprint density at radius 3 is 2.59 bits per heavy atom. The predicted molar refractivity (Wildman–Crippen MR) is 91.9 cm³/mol. The maximum Gasteiger partial charge on any atom is 0.431 e. The minimum absolute atomic E-state index is 0.00455. The second-order valence-electron chi connectivity index (χ2n) is 6.85. The van der Waals surface area contributed by atoms with Gasteiger partial charge in [0, 0.05) is 5.56 Å². The lowest BCUT2D eigenvalue weighted by molar-refractivity contribution is -0.144. The van der Waals surface area contributed by atoms with Crippen LogP contribution in [0.2, 0.25) is 0 Å². The molecule has 3 heterocycles. The molecule has 0 unspecified atom stereocenters. The summed E-state index contributed by atoms with van der Waals surface area (Å²) in [5, 5.41) is 0. The van der Waals surface area contributed by atoms with Gasteiger partial charge in [0.1, 0.15) is 17.0 Å². The molecular weight excluding hydrogens is 364 g/mol.